The van der Waals surface area contributed by atoms with E-state index in [-0.39, 0.29) is 12.1 Å². The van der Waals surface area contributed by atoms with Crippen LogP contribution in [0.1, 0.15) is 47.2 Å². The Bertz CT molecular complexity index is 637. The van der Waals surface area contributed by atoms with Crippen LogP contribution in [0.4, 0.5) is 26.3 Å². The zero-order valence-electron chi connectivity index (χ0n) is 13.0. The molecular weight excluding hydrogens is 350 g/mol. The third kappa shape index (κ3) is 3.91. The van der Waals surface area contributed by atoms with Crippen LogP contribution in [0.25, 0.3) is 0 Å². The highest BCUT2D eigenvalue weighted by atomic mass is 19.4. The summed E-state index contributed by atoms with van der Waals surface area (Å²) in [7, 11) is 0. The number of hydrazine groups is 1. The van der Waals surface area contributed by atoms with Crippen LogP contribution in [0.5, 0.6) is 0 Å². The van der Waals surface area contributed by atoms with E-state index in [1.165, 1.54) is 0 Å². The molecule has 0 heterocycles. The van der Waals surface area contributed by atoms with Gasteiger partial charge in [0, 0.05) is 11.6 Å². The van der Waals surface area contributed by atoms with Gasteiger partial charge in [-0.05, 0) is 49.3 Å². The number of hydrogen-bond acceptors (Lipinski definition) is 2. The molecule has 0 radical (unpaired) electrons. The minimum Gasteiger partial charge on any atom is -0.287 e. The lowest BCUT2D eigenvalue weighted by molar-refractivity contribution is -0.143. The van der Waals surface area contributed by atoms with Crippen molar-refractivity contribution in [1.82, 2.24) is 10.9 Å². The van der Waals surface area contributed by atoms with E-state index in [1.807, 2.05) is 0 Å². The predicted octanol–water partition coefficient (Wildman–Crippen LogP) is 4.15. The molecule has 9 heteroatoms. The van der Waals surface area contributed by atoms with Crippen molar-refractivity contribution in [3.8, 4) is 0 Å². The first-order chi connectivity index (χ1) is 11.5. The molecule has 25 heavy (non-hydrogen) atoms. The quantitative estimate of drug-likeness (QED) is 0.623. The van der Waals surface area contributed by atoms with Gasteiger partial charge in [-0.3, -0.25) is 10.2 Å². The molecule has 2 bridgehead atoms. The monoisotopic (exact) mass is 366 g/mol. The lowest BCUT2D eigenvalue weighted by Crippen LogP contribution is -2.46. The van der Waals surface area contributed by atoms with Gasteiger partial charge >= 0.3 is 12.4 Å². The summed E-state index contributed by atoms with van der Waals surface area (Å²) < 4.78 is 76.9. The first-order valence-electron chi connectivity index (χ1n) is 7.89. The number of halogens is 6. The van der Waals surface area contributed by atoms with E-state index < -0.39 is 35.0 Å². The minimum atomic E-state index is -4.98. The van der Waals surface area contributed by atoms with E-state index in [0.29, 0.717) is 24.0 Å². The molecule has 138 valence electrons. The number of fused-ring (bicyclic) bond motifs is 2. The molecule has 3 unspecified atom stereocenters. The molecular formula is C16H16F6N2O. The van der Waals surface area contributed by atoms with Gasteiger partial charge < -0.3 is 0 Å². The fourth-order valence-corrected chi connectivity index (χ4v) is 3.74. The van der Waals surface area contributed by atoms with Crippen LogP contribution in [0.15, 0.2) is 18.2 Å². The molecule has 2 saturated carbocycles. The average Bonchev–Trinajstić information content (AvgIpc) is 3.13. The van der Waals surface area contributed by atoms with Gasteiger partial charge in [-0.25, -0.2) is 5.43 Å². The summed E-state index contributed by atoms with van der Waals surface area (Å²) in [6, 6.07) is 0.857. The Balaban J connectivity index is 1.76. The molecule has 3 nitrogen and oxygen atoms in total. The van der Waals surface area contributed by atoms with E-state index in [4.69, 9.17) is 0 Å². The Hall–Kier alpha value is -1.77. The summed E-state index contributed by atoms with van der Waals surface area (Å²) in [5.41, 5.74) is 1.33. The molecule has 0 aliphatic heterocycles. The normalized spacial score (nSPS) is 26.1. The van der Waals surface area contributed by atoms with Gasteiger partial charge in [-0.2, -0.15) is 26.3 Å². The van der Waals surface area contributed by atoms with Gasteiger partial charge in [0.05, 0.1) is 11.1 Å². The van der Waals surface area contributed by atoms with Gasteiger partial charge in [0.2, 0.25) is 0 Å². The molecule has 1 aromatic carbocycles. The second-order valence-electron chi connectivity index (χ2n) is 6.67. The second-order valence-corrected chi connectivity index (χ2v) is 6.67. The minimum absolute atomic E-state index is 0.000137. The zero-order valence-corrected chi connectivity index (χ0v) is 13.0. The van der Waals surface area contributed by atoms with Crippen molar-refractivity contribution in [1.29, 1.82) is 0 Å². The molecule has 2 aliphatic rings. The number of alkyl halides is 6. The Morgan fingerprint density at radius 2 is 1.52 bits per heavy atom. The predicted molar refractivity (Wildman–Crippen MR) is 76.3 cm³/mol. The molecule has 0 saturated heterocycles. The number of nitrogens with one attached hydrogen (secondary N) is 2. The van der Waals surface area contributed by atoms with E-state index in [2.05, 4.69) is 10.9 Å². The van der Waals surface area contributed by atoms with E-state index in [0.717, 1.165) is 25.7 Å². The summed E-state index contributed by atoms with van der Waals surface area (Å²) >= 11 is 0. The van der Waals surface area contributed by atoms with Crippen molar-refractivity contribution < 1.29 is 31.1 Å². The molecule has 3 rings (SSSR count). The molecule has 1 aromatic rings. The van der Waals surface area contributed by atoms with Crippen LogP contribution in [-0.4, -0.2) is 11.9 Å². The maximum atomic E-state index is 12.8. The lowest BCUT2D eigenvalue weighted by Gasteiger charge is -2.23. The topological polar surface area (TPSA) is 41.1 Å². The SMILES string of the molecule is O=C(NNC1CC2CCC1C2)c1cc(C(F)(F)F)cc(C(F)(F)F)c1. The van der Waals surface area contributed by atoms with Crippen molar-refractivity contribution in [3.05, 3.63) is 34.9 Å². The number of rotatable bonds is 3. The fourth-order valence-electron chi connectivity index (χ4n) is 3.74. The summed E-state index contributed by atoms with van der Waals surface area (Å²) in [5.74, 6) is -0.0540. The summed E-state index contributed by atoms with van der Waals surface area (Å²) in [6.07, 6.45) is -5.93. The van der Waals surface area contributed by atoms with Crippen molar-refractivity contribution in [3.63, 3.8) is 0 Å². The van der Waals surface area contributed by atoms with Gasteiger partial charge in [0.1, 0.15) is 0 Å². The molecule has 1 amide bonds. The molecule has 0 spiro atoms. The lowest BCUT2D eigenvalue weighted by atomic mass is 9.96. The van der Waals surface area contributed by atoms with E-state index >= 15 is 0 Å². The van der Waals surface area contributed by atoms with Crippen molar-refractivity contribution in [2.45, 2.75) is 44.1 Å². The number of hydrogen-bond donors (Lipinski definition) is 2. The van der Waals surface area contributed by atoms with Crippen LogP contribution in [-0.2, 0) is 12.4 Å². The van der Waals surface area contributed by atoms with Gasteiger partial charge in [0.25, 0.3) is 5.91 Å². The van der Waals surface area contributed by atoms with Crippen molar-refractivity contribution in [2.75, 3.05) is 0 Å². The summed E-state index contributed by atoms with van der Waals surface area (Å²) in [4.78, 5) is 12.1. The Kier molecular flexibility index (Phi) is 4.47. The van der Waals surface area contributed by atoms with Crippen molar-refractivity contribution in [2.24, 2.45) is 11.8 Å². The highest BCUT2D eigenvalue weighted by molar-refractivity contribution is 5.94. The second kappa shape index (κ2) is 6.19. The Morgan fingerprint density at radius 1 is 0.920 bits per heavy atom. The van der Waals surface area contributed by atoms with Crippen LogP contribution in [0.2, 0.25) is 0 Å². The number of carbonyl (C=O) groups excluding carboxylic acids is 1. The van der Waals surface area contributed by atoms with Crippen LogP contribution >= 0.6 is 0 Å². The number of carbonyl (C=O) groups is 1. The van der Waals surface area contributed by atoms with Gasteiger partial charge in [-0.15, -0.1) is 0 Å². The fraction of sp³-hybridized carbons (Fsp3) is 0.562. The first kappa shape index (κ1) is 18.0. The Labute approximate surface area is 139 Å². The average molecular weight is 366 g/mol. The standard InChI is InChI=1S/C16H16F6N2O/c17-15(18,19)11-5-10(6-12(7-11)16(20,21)22)14(25)24-23-13-4-8-1-2-9(13)3-8/h5-9,13,23H,1-4H2,(H,24,25). The third-order valence-corrected chi connectivity index (χ3v) is 4.96. The number of amides is 1. The third-order valence-electron chi connectivity index (χ3n) is 4.96. The largest absolute Gasteiger partial charge is 0.416 e. The smallest absolute Gasteiger partial charge is 0.287 e. The van der Waals surface area contributed by atoms with E-state index in [1.54, 1.807) is 0 Å². The van der Waals surface area contributed by atoms with Crippen LogP contribution < -0.4 is 10.9 Å². The van der Waals surface area contributed by atoms with Crippen LogP contribution in [0.3, 0.4) is 0 Å². The zero-order chi connectivity index (χ0) is 18.4. The molecule has 3 atom stereocenters. The molecule has 2 aliphatic carbocycles. The summed E-state index contributed by atoms with van der Waals surface area (Å²) in [5, 5.41) is 0. The molecule has 2 N–H and O–H groups in total. The van der Waals surface area contributed by atoms with Gasteiger partial charge in [0.15, 0.2) is 0 Å². The summed E-state index contributed by atoms with van der Waals surface area (Å²) in [6.45, 7) is 0. The molecule has 2 fully saturated rings. The highest BCUT2D eigenvalue weighted by Gasteiger charge is 2.40. The maximum Gasteiger partial charge on any atom is 0.416 e. The number of benzene rings is 1. The maximum absolute atomic E-state index is 12.8. The van der Waals surface area contributed by atoms with Gasteiger partial charge in [-0.1, -0.05) is 6.42 Å². The van der Waals surface area contributed by atoms with Crippen molar-refractivity contribution >= 4 is 5.91 Å². The molecule has 0 aromatic heterocycles. The van der Waals surface area contributed by atoms with Crippen LogP contribution in [0, 0.1) is 11.8 Å². The van der Waals surface area contributed by atoms with E-state index in [9.17, 15) is 31.1 Å². The first-order valence-corrected chi connectivity index (χ1v) is 7.89. The Morgan fingerprint density at radius 3 is 1.96 bits per heavy atom. The highest BCUT2D eigenvalue weighted by Crippen LogP contribution is 2.44.